The van der Waals surface area contributed by atoms with Crippen LogP contribution in [0.15, 0.2) is 18.2 Å². The summed E-state index contributed by atoms with van der Waals surface area (Å²) in [6, 6.07) is 4.79. The van der Waals surface area contributed by atoms with Gasteiger partial charge >= 0.3 is 0 Å². The molecule has 0 aliphatic carbocycles. The van der Waals surface area contributed by atoms with Crippen molar-refractivity contribution in [3.63, 3.8) is 0 Å². The summed E-state index contributed by atoms with van der Waals surface area (Å²) in [6.07, 6.45) is 2.40. The normalized spacial score (nSPS) is 16.9. The molecular weight excluding hydrogens is 344 g/mol. The third-order valence-corrected chi connectivity index (χ3v) is 3.96. The fourth-order valence-corrected chi connectivity index (χ4v) is 2.70. The zero-order chi connectivity index (χ0) is 18.2. The molecule has 1 aliphatic heterocycles. The molecule has 0 spiro atoms. The molecule has 1 atom stereocenters. The lowest BCUT2D eigenvalue weighted by Gasteiger charge is -2.14. The largest absolute Gasteiger partial charge is 0.378 e. The Balaban J connectivity index is 1.86. The summed E-state index contributed by atoms with van der Waals surface area (Å²) in [6.45, 7) is 5.34. The van der Waals surface area contributed by atoms with E-state index in [1.807, 2.05) is 13.8 Å². The van der Waals surface area contributed by atoms with Crippen LogP contribution in [-0.4, -0.2) is 43.8 Å². The first-order valence-corrected chi connectivity index (χ1v) is 8.93. The third kappa shape index (κ3) is 6.65. The number of anilines is 1. The first kappa shape index (κ1) is 19.7. The van der Waals surface area contributed by atoms with Crippen LogP contribution in [0.1, 0.15) is 43.5 Å². The average molecular weight is 369 g/mol. The molecule has 1 unspecified atom stereocenters. The number of nitrogens with one attached hydrogen (secondary N) is 2. The zero-order valence-electron chi connectivity index (χ0n) is 14.6. The van der Waals surface area contributed by atoms with E-state index >= 15 is 0 Å². The van der Waals surface area contributed by atoms with Crippen molar-refractivity contribution in [2.24, 2.45) is 0 Å². The van der Waals surface area contributed by atoms with Crippen LogP contribution in [-0.2, 0) is 14.3 Å². The first-order valence-electron chi connectivity index (χ1n) is 8.55. The molecule has 1 saturated heterocycles. The van der Waals surface area contributed by atoms with Crippen LogP contribution >= 0.6 is 11.6 Å². The molecule has 0 radical (unpaired) electrons. The number of carbonyl (C=O) groups excluding carboxylic acids is 2. The minimum Gasteiger partial charge on any atom is -0.378 e. The standard InChI is InChI=1S/C18H25ClN2O4/c1-12(2)20-18(23)15-6-5-13(19)10-16(15)21-17(22)7-9-24-11-14-4-3-8-25-14/h5-6,10,12,14H,3-4,7-9,11H2,1-2H3,(H,20,23)(H,21,22). The fraction of sp³-hybridized carbons (Fsp3) is 0.556. The summed E-state index contributed by atoms with van der Waals surface area (Å²) in [4.78, 5) is 24.4. The molecule has 1 aromatic carbocycles. The van der Waals surface area contributed by atoms with Crippen molar-refractivity contribution in [3.8, 4) is 0 Å². The van der Waals surface area contributed by atoms with E-state index in [1.54, 1.807) is 18.2 Å². The van der Waals surface area contributed by atoms with E-state index in [0.717, 1.165) is 19.4 Å². The molecule has 2 rings (SSSR count). The molecule has 1 heterocycles. The second kappa shape index (κ2) is 9.75. The van der Waals surface area contributed by atoms with E-state index in [-0.39, 0.29) is 30.4 Å². The van der Waals surface area contributed by atoms with Gasteiger partial charge in [-0.05, 0) is 44.9 Å². The van der Waals surface area contributed by atoms with Crippen LogP contribution in [0.3, 0.4) is 0 Å². The van der Waals surface area contributed by atoms with E-state index in [1.165, 1.54) is 0 Å². The lowest BCUT2D eigenvalue weighted by Crippen LogP contribution is -2.31. The predicted octanol–water partition coefficient (Wildman–Crippen LogP) is 3.00. The minimum atomic E-state index is -0.253. The molecule has 0 bridgehead atoms. The summed E-state index contributed by atoms with van der Waals surface area (Å²) in [7, 11) is 0. The first-order chi connectivity index (χ1) is 12.0. The van der Waals surface area contributed by atoms with Crippen molar-refractivity contribution in [1.82, 2.24) is 5.32 Å². The molecule has 138 valence electrons. The second-order valence-corrected chi connectivity index (χ2v) is 6.76. The SMILES string of the molecule is CC(C)NC(=O)c1ccc(Cl)cc1NC(=O)CCOCC1CCCO1. The van der Waals surface area contributed by atoms with Gasteiger partial charge in [-0.1, -0.05) is 11.6 Å². The van der Waals surface area contributed by atoms with E-state index < -0.39 is 0 Å². The summed E-state index contributed by atoms with van der Waals surface area (Å²) >= 11 is 5.99. The fourth-order valence-electron chi connectivity index (χ4n) is 2.53. The molecule has 2 N–H and O–H groups in total. The number of halogens is 1. The van der Waals surface area contributed by atoms with Gasteiger partial charge in [-0.3, -0.25) is 9.59 Å². The molecule has 25 heavy (non-hydrogen) atoms. The number of hydrogen-bond acceptors (Lipinski definition) is 4. The molecule has 1 fully saturated rings. The van der Waals surface area contributed by atoms with Gasteiger partial charge in [-0.2, -0.15) is 0 Å². The van der Waals surface area contributed by atoms with Crippen molar-refractivity contribution >= 4 is 29.1 Å². The van der Waals surface area contributed by atoms with Crippen molar-refractivity contribution in [1.29, 1.82) is 0 Å². The van der Waals surface area contributed by atoms with Gasteiger partial charge < -0.3 is 20.1 Å². The van der Waals surface area contributed by atoms with Crippen molar-refractivity contribution in [2.75, 3.05) is 25.1 Å². The lowest BCUT2D eigenvalue weighted by atomic mass is 10.1. The molecule has 7 heteroatoms. The number of benzene rings is 1. The molecular formula is C18H25ClN2O4. The number of hydrogen-bond donors (Lipinski definition) is 2. The average Bonchev–Trinajstić information content (AvgIpc) is 3.04. The van der Waals surface area contributed by atoms with Crippen molar-refractivity contribution < 1.29 is 19.1 Å². The van der Waals surface area contributed by atoms with Crippen molar-refractivity contribution in [3.05, 3.63) is 28.8 Å². The Kier molecular flexibility index (Phi) is 7.68. The van der Waals surface area contributed by atoms with Crippen LogP contribution in [0.4, 0.5) is 5.69 Å². The Morgan fingerprint density at radius 2 is 2.20 bits per heavy atom. The number of ether oxygens (including phenoxy) is 2. The molecule has 1 aliphatic rings. The Labute approximate surface area is 153 Å². The lowest BCUT2D eigenvalue weighted by molar-refractivity contribution is -0.117. The summed E-state index contributed by atoms with van der Waals surface area (Å²) in [5, 5.41) is 5.99. The Hall–Kier alpha value is -1.63. The molecule has 1 aromatic rings. The molecule has 0 aromatic heterocycles. The number of carbonyl (C=O) groups is 2. The third-order valence-electron chi connectivity index (χ3n) is 3.72. The highest BCUT2D eigenvalue weighted by Gasteiger charge is 2.17. The summed E-state index contributed by atoms with van der Waals surface area (Å²) in [5.74, 6) is -0.482. The number of rotatable bonds is 8. The van der Waals surface area contributed by atoms with E-state index in [0.29, 0.717) is 29.5 Å². The van der Waals surface area contributed by atoms with Crippen LogP contribution in [0, 0.1) is 0 Å². The highest BCUT2D eigenvalue weighted by Crippen LogP contribution is 2.21. The van der Waals surface area contributed by atoms with Gasteiger partial charge in [0.15, 0.2) is 0 Å². The maximum atomic E-state index is 12.2. The van der Waals surface area contributed by atoms with E-state index in [9.17, 15) is 9.59 Å². The molecule has 0 saturated carbocycles. The highest BCUT2D eigenvalue weighted by molar-refractivity contribution is 6.31. The Bertz CT molecular complexity index is 601. The Morgan fingerprint density at radius 1 is 1.40 bits per heavy atom. The van der Waals surface area contributed by atoms with E-state index in [2.05, 4.69) is 10.6 Å². The second-order valence-electron chi connectivity index (χ2n) is 6.33. The summed E-state index contributed by atoms with van der Waals surface area (Å²) in [5.41, 5.74) is 0.779. The molecule has 2 amide bonds. The minimum absolute atomic E-state index is 0.00191. The van der Waals surface area contributed by atoms with Gasteiger partial charge in [0.1, 0.15) is 0 Å². The van der Waals surface area contributed by atoms with Crippen LogP contribution in [0.5, 0.6) is 0 Å². The molecule has 6 nitrogen and oxygen atoms in total. The number of amides is 2. The zero-order valence-corrected chi connectivity index (χ0v) is 15.4. The smallest absolute Gasteiger partial charge is 0.253 e. The van der Waals surface area contributed by atoms with Gasteiger partial charge in [-0.25, -0.2) is 0 Å². The van der Waals surface area contributed by atoms with Gasteiger partial charge in [0, 0.05) is 17.7 Å². The maximum Gasteiger partial charge on any atom is 0.253 e. The van der Waals surface area contributed by atoms with Crippen LogP contribution in [0.2, 0.25) is 5.02 Å². The summed E-state index contributed by atoms with van der Waals surface area (Å²) < 4.78 is 10.9. The van der Waals surface area contributed by atoms with Gasteiger partial charge in [0.05, 0.1) is 37.0 Å². The topological polar surface area (TPSA) is 76.7 Å². The van der Waals surface area contributed by atoms with Gasteiger partial charge in [0.25, 0.3) is 5.91 Å². The van der Waals surface area contributed by atoms with Gasteiger partial charge in [0.2, 0.25) is 5.91 Å². The van der Waals surface area contributed by atoms with E-state index in [4.69, 9.17) is 21.1 Å². The van der Waals surface area contributed by atoms with Crippen LogP contribution < -0.4 is 10.6 Å². The quantitative estimate of drug-likeness (QED) is 0.691. The predicted molar refractivity (Wildman–Crippen MR) is 97.1 cm³/mol. The monoisotopic (exact) mass is 368 g/mol. The Morgan fingerprint density at radius 3 is 2.88 bits per heavy atom. The highest BCUT2D eigenvalue weighted by atomic mass is 35.5. The van der Waals surface area contributed by atoms with Crippen molar-refractivity contribution in [2.45, 2.75) is 45.3 Å². The maximum absolute atomic E-state index is 12.2. The van der Waals surface area contributed by atoms with Gasteiger partial charge in [-0.15, -0.1) is 0 Å². The van der Waals surface area contributed by atoms with Crippen LogP contribution in [0.25, 0.3) is 0 Å².